The van der Waals surface area contributed by atoms with Crippen LogP contribution < -0.4 is 5.32 Å². The van der Waals surface area contributed by atoms with Gasteiger partial charge in [-0.3, -0.25) is 0 Å². The van der Waals surface area contributed by atoms with Crippen LogP contribution in [0.2, 0.25) is 0 Å². The summed E-state index contributed by atoms with van der Waals surface area (Å²) in [5.74, 6) is 2.05. The predicted molar refractivity (Wildman–Crippen MR) is 46.3 cm³/mol. The Kier molecular flexibility index (Phi) is 1.47. The molecular weight excluding hydrogens is 166 g/mol. The van der Waals surface area contributed by atoms with Gasteiger partial charge in [-0.25, -0.2) is 0 Å². The molecule has 2 aliphatic heterocycles. The molecule has 0 spiro atoms. The molecule has 13 heavy (non-hydrogen) atoms. The van der Waals surface area contributed by atoms with Gasteiger partial charge in [0, 0.05) is 12.1 Å². The lowest BCUT2D eigenvalue weighted by Crippen LogP contribution is -2.21. The predicted octanol–water partition coefficient (Wildman–Crippen LogP) is 0.986. The Balaban J connectivity index is 1.87. The molecule has 4 nitrogen and oxygen atoms in total. The summed E-state index contributed by atoms with van der Waals surface area (Å²) in [4.78, 5) is 4.29. The molecule has 70 valence electrons. The first-order chi connectivity index (χ1) is 6.33. The Morgan fingerprint density at radius 1 is 1.46 bits per heavy atom. The van der Waals surface area contributed by atoms with Crippen LogP contribution >= 0.6 is 0 Å². The quantitative estimate of drug-likeness (QED) is 0.698. The molecule has 0 saturated carbocycles. The summed E-state index contributed by atoms with van der Waals surface area (Å²) >= 11 is 0. The first kappa shape index (κ1) is 7.50. The molecule has 1 N–H and O–H groups in total. The van der Waals surface area contributed by atoms with Gasteiger partial charge in [-0.05, 0) is 26.2 Å². The van der Waals surface area contributed by atoms with Gasteiger partial charge in [0.15, 0.2) is 5.82 Å². The van der Waals surface area contributed by atoms with Gasteiger partial charge in [0.05, 0.1) is 5.92 Å². The summed E-state index contributed by atoms with van der Waals surface area (Å²) in [6.07, 6.45) is 3.75. The fourth-order valence-electron chi connectivity index (χ4n) is 2.56. The molecule has 0 aliphatic carbocycles. The Bertz CT molecular complexity index is 322. The standard InChI is InChI=1S/C9H13N3O/c1-5-10-9(13-12-5)7-4-6-2-3-8(7)11-6/h6-8,11H,2-4H2,1H3/t6-,7-,8+/m1/s1. The average molecular weight is 179 g/mol. The van der Waals surface area contributed by atoms with Crippen molar-refractivity contribution < 1.29 is 4.52 Å². The van der Waals surface area contributed by atoms with E-state index in [1.54, 1.807) is 0 Å². The second-order valence-corrected chi connectivity index (χ2v) is 4.07. The van der Waals surface area contributed by atoms with Crippen LogP contribution in [0.5, 0.6) is 0 Å². The van der Waals surface area contributed by atoms with E-state index in [4.69, 9.17) is 4.52 Å². The van der Waals surface area contributed by atoms with Crippen LogP contribution in [0.15, 0.2) is 4.52 Å². The van der Waals surface area contributed by atoms with Crippen molar-refractivity contribution in [1.82, 2.24) is 15.5 Å². The van der Waals surface area contributed by atoms with Crippen LogP contribution in [0.4, 0.5) is 0 Å². The van der Waals surface area contributed by atoms with Crippen molar-refractivity contribution in [3.05, 3.63) is 11.7 Å². The van der Waals surface area contributed by atoms with Crippen molar-refractivity contribution in [3.8, 4) is 0 Å². The van der Waals surface area contributed by atoms with Gasteiger partial charge in [-0.1, -0.05) is 5.16 Å². The molecule has 2 fully saturated rings. The summed E-state index contributed by atoms with van der Waals surface area (Å²) in [6, 6.07) is 1.28. The van der Waals surface area contributed by atoms with E-state index < -0.39 is 0 Å². The third-order valence-electron chi connectivity index (χ3n) is 3.16. The number of hydrogen-bond acceptors (Lipinski definition) is 4. The lowest BCUT2D eigenvalue weighted by molar-refractivity contribution is 0.327. The lowest BCUT2D eigenvalue weighted by atomic mass is 9.89. The summed E-state index contributed by atoms with van der Waals surface area (Å²) in [6.45, 7) is 1.87. The van der Waals surface area contributed by atoms with Gasteiger partial charge in [-0.15, -0.1) is 0 Å². The molecule has 3 rings (SSSR count). The highest BCUT2D eigenvalue weighted by Crippen LogP contribution is 2.38. The molecule has 1 aromatic heterocycles. The molecule has 2 saturated heterocycles. The van der Waals surface area contributed by atoms with Gasteiger partial charge in [-0.2, -0.15) is 4.98 Å². The van der Waals surface area contributed by atoms with E-state index in [1.807, 2.05) is 6.92 Å². The Hall–Kier alpha value is -0.900. The molecular formula is C9H13N3O. The number of rotatable bonds is 1. The molecule has 0 radical (unpaired) electrons. The van der Waals surface area contributed by atoms with Crippen LogP contribution in [0.25, 0.3) is 0 Å². The maximum atomic E-state index is 5.20. The van der Waals surface area contributed by atoms with Crippen molar-refractivity contribution in [3.63, 3.8) is 0 Å². The van der Waals surface area contributed by atoms with E-state index in [0.29, 0.717) is 18.0 Å². The maximum absolute atomic E-state index is 5.20. The molecule has 4 heteroatoms. The zero-order chi connectivity index (χ0) is 8.84. The number of hydrogen-bond donors (Lipinski definition) is 1. The smallest absolute Gasteiger partial charge is 0.231 e. The van der Waals surface area contributed by atoms with Gasteiger partial charge in [0.1, 0.15) is 0 Å². The zero-order valence-electron chi connectivity index (χ0n) is 7.66. The molecule has 3 atom stereocenters. The monoisotopic (exact) mass is 179 g/mol. The van der Waals surface area contributed by atoms with Crippen LogP contribution in [0.1, 0.15) is 36.9 Å². The van der Waals surface area contributed by atoms with Gasteiger partial charge in [0.2, 0.25) is 5.89 Å². The molecule has 3 heterocycles. The third kappa shape index (κ3) is 1.09. The minimum Gasteiger partial charge on any atom is -0.339 e. The summed E-state index contributed by atoms with van der Waals surface area (Å²) in [7, 11) is 0. The fourth-order valence-corrected chi connectivity index (χ4v) is 2.56. The summed E-state index contributed by atoms with van der Waals surface area (Å²) < 4.78 is 5.20. The van der Waals surface area contributed by atoms with E-state index >= 15 is 0 Å². The maximum Gasteiger partial charge on any atom is 0.231 e. The second kappa shape index (κ2) is 2.54. The summed E-state index contributed by atoms with van der Waals surface area (Å²) in [5.41, 5.74) is 0. The first-order valence-corrected chi connectivity index (χ1v) is 4.89. The first-order valence-electron chi connectivity index (χ1n) is 4.89. The summed E-state index contributed by atoms with van der Waals surface area (Å²) in [5, 5.41) is 7.39. The average Bonchev–Trinajstić information content (AvgIpc) is 2.77. The molecule has 0 amide bonds. The number of aryl methyl sites for hydroxylation is 1. The number of nitrogens with zero attached hydrogens (tertiary/aromatic N) is 2. The van der Waals surface area contributed by atoms with Crippen molar-refractivity contribution in [1.29, 1.82) is 0 Å². The molecule has 2 bridgehead atoms. The lowest BCUT2D eigenvalue weighted by Gasteiger charge is -2.15. The van der Waals surface area contributed by atoms with Gasteiger partial charge in [0.25, 0.3) is 0 Å². The van der Waals surface area contributed by atoms with Crippen molar-refractivity contribution >= 4 is 0 Å². The van der Waals surface area contributed by atoms with Crippen molar-refractivity contribution in [2.45, 2.75) is 44.2 Å². The minimum atomic E-state index is 0.472. The zero-order valence-corrected chi connectivity index (χ0v) is 7.66. The van der Waals surface area contributed by atoms with E-state index in [9.17, 15) is 0 Å². The minimum absolute atomic E-state index is 0.472. The Morgan fingerprint density at radius 3 is 2.92 bits per heavy atom. The Morgan fingerprint density at radius 2 is 2.38 bits per heavy atom. The van der Waals surface area contributed by atoms with Gasteiger partial charge >= 0.3 is 0 Å². The highest BCUT2D eigenvalue weighted by molar-refractivity contribution is 5.09. The van der Waals surface area contributed by atoms with Crippen LogP contribution in [-0.2, 0) is 0 Å². The van der Waals surface area contributed by atoms with E-state index in [2.05, 4.69) is 15.5 Å². The van der Waals surface area contributed by atoms with Crippen molar-refractivity contribution in [2.24, 2.45) is 0 Å². The SMILES string of the molecule is Cc1noc([C@@H]2C[C@H]3CC[C@@H]2N3)n1. The molecule has 0 aromatic carbocycles. The Labute approximate surface area is 76.7 Å². The highest BCUT2D eigenvalue weighted by Gasteiger charge is 2.42. The molecule has 0 unspecified atom stereocenters. The second-order valence-electron chi connectivity index (χ2n) is 4.07. The fraction of sp³-hybridized carbons (Fsp3) is 0.778. The van der Waals surface area contributed by atoms with Crippen LogP contribution in [-0.4, -0.2) is 22.2 Å². The number of aromatic nitrogens is 2. The van der Waals surface area contributed by atoms with E-state index in [0.717, 1.165) is 11.7 Å². The largest absolute Gasteiger partial charge is 0.339 e. The van der Waals surface area contributed by atoms with Crippen LogP contribution in [0, 0.1) is 6.92 Å². The van der Waals surface area contributed by atoms with Gasteiger partial charge < -0.3 is 9.84 Å². The van der Waals surface area contributed by atoms with E-state index in [-0.39, 0.29) is 0 Å². The van der Waals surface area contributed by atoms with Crippen LogP contribution in [0.3, 0.4) is 0 Å². The topological polar surface area (TPSA) is 51.0 Å². The van der Waals surface area contributed by atoms with Crippen molar-refractivity contribution in [2.75, 3.05) is 0 Å². The number of nitrogens with one attached hydrogen (secondary N) is 1. The highest BCUT2D eigenvalue weighted by atomic mass is 16.5. The molecule has 2 aliphatic rings. The normalized spacial score (nSPS) is 37.2. The number of fused-ring (bicyclic) bond motifs is 2. The third-order valence-corrected chi connectivity index (χ3v) is 3.16. The molecule has 1 aromatic rings. The van der Waals surface area contributed by atoms with E-state index in [1.165, 1.54) is 19.3 Å².